The zero-order valence-corrected chi connectivity index (χ0v) is 14.1. The molecule has 0 spiro atoms. The second-order valence-electron chi connectivity index (χ2n) is 6.60. The van der Waals surface area contributed by atoms with E-state index in [0.717, 1.165) is 39.0 Å². The molecule has 1 aliphatic heterocycles. The molecule has 1 aromatic rings. The Hall–Kier alpha value is -1.10. The fraction of sp³-hybridized carbons (Fsp3) is 0.667. The fourth-order valence-electron chi connectivity index (χ4n) is 3.04. The lowest BCUT2D eigenvalue weighted by Gasteiger charge is -2.37. The van der Waals surface area contributed by atoms with Gasteiger partial charge in [-0.1, -0.05) is 19.1 Å². The van der Waals surface area contributed by atoms with Crippen molar-refractivity contribution in [2.75, 3.05) is 45.4 Å². The molecule has 1 aliphatic rings. The third kappa shape index (κ3) is 4.22. The van der Waals surface area contributed by atoms with Crippen LogP contribution in [0.1, 0.15) is 37.8 Å². The Kier molecular flexibility index (Phi) is 6.24. The molecular weight excluding hydrogens is 276 g/mol. The van der Waals surface area contributed by atoms with Crippen LogP contribution in [0.4, 0.5) is 5.69 Å². The van der Waals surface area contributed by atoms with Gasteiger partial charge in [-0.05, 0) is 37.0 Å². The molecule has 0 aromatic heterocycles. The zero-order valence-electron chi connectivity index (χ0n) is 14.1. The van der Waals surface area contributed by atoms with Gasteiger partial charge in [0.1, 0.15) is 0 Å². The van der Waals surface area contributed by atoms with E-state index >= 15 is 0 Å². The summed E-state index contributed by atoms with van der Waals surface area (Å²) in [6, 6.07) is 9.06. The van der Waals surface area contributed by atoms with E-state index in [0.29, 0.717) is 6.04 Å². The lowest BCUT2D eigenvalue weighted by Crippen LogP contribution is -2.42. The molecule has 0 aliphatic carbocycles. The largest absolute Gasteiger partial charge is 0.396 e. The van der Waals surface area contributed by atoms with Crippen LogP contribution in [0.5, 0.6) is 0 Å². The molecule has 124 valence electrons. The first kappa shape index (κ1) is 17.3. The van der Waals surface area contributed by atoms with Crippen molar-refractivity contribution in [1.29, 1.82) is 0 Å². The molecule has 2 N–H and O–H groups in total. The second-order valence-corrected chi connectivity index (χ2v) is 6.60. The average molecular weight is 306 g/mol. The van der Waals surface area contributed by atoms with Gasteiger partial charge in [-0.25, -0.2) is 0 Å². The lowest BCUT2D eigenvalue weighted by atomic mass is 9.80. The molecule has 4 nitrogen and oxygen atoms in total. The Labute approximate surface area is 134 Å². The molecule has 1 aromatic carbocycles. The Morgan fingerprint density at radius 2 is 1.86 bits per heavy atom. The monoisotopic (exact) mass is 306 g/mol. The molecule has 1 fully saturated rings. The number of nitrogens with one attached hydrogen (secondary N) is 1. The Balaban J connectivity index is 1.99. The third-order valence-corrected chi connectivity index (χ3v) is 4.83. The highest BCUT2D eigenvalue weighted by Gasteiger charge is 2.32. The topological polar surface area (TPSA) is 44.7 Å². The van der Waals surface area contributed by atoms with E-state index in [2.05, 4.69) is 55.5 Å². The van der Waals surface area contributed by atoms with E-state index < -0.39 is 0 Å². The van der Waals surface area contributed by atoms with Gasteiger partial charge in [-0.3, -0.25) is 0 Å². The highest BCUT2D eigenvalue weighted by molar-refractivity contribution is 5.46. The summed E-state index contributed by atoms with van der Waals surface area (Å²) in [6.45, 7) is 4.81. The van der Waals surface area contributed by atoms with E-state index in [1.807, 2.05) is 0 Å². The van der Waals surface area contributed by atoms with Crippen LogP contribution in [0, 0.1) is 5.41 Å². The SMILES string of the molecule is CCC(NCC1(CO)CCOCC1)c1ccc(N(C)C)cc1. The maximum absolute atomic E-state index is 9.79. The molecule has 0 radical (unpaired) electrons. The van der Waals surface area contributed by atoms with Gasteiger partial charge in [-0.15, -0.1) is 0 Å². The first-order valence-corrected chi connectivity index (χ1v) is 8.29. The number of hydrogen-bond donors (Lipinski definition) is 2. The summed E-state index contributed by atoms with van der Waals surface area (Å²) in [7, 11) is 4.11. The normalized spacial score (nSPS) is 18.9. The van der Waals surface area contributed by atoms with Crippen LogP contribution in [0.25, 0.3) is 0 Å². The number of aliphatic hydroxyl groups is 1. The van der Waals surface area contributed by atoms with Crippen molar-refractivity contribution >= 4 is 5.69 Å². The summed E-state index contributed by atoms with van der Waals surface area (Å²) in [5, 5.41) is 13.5. The van der Waals surface area contributed by atoms with Gasteiger partial charge in [0.25, 0.3) is 0 Å². The number of aliphatic hydroxyl groups excluding tert-OH is 1. The molecule has 0 amide bonds. The fourth-order valence-corrected chi connectivity index (χ4v) is 3.04. The smallest absolute Gasteiger partial charge is 0.0501 e. The maximum Gasteiger partial charge on any atom is 0.0501 e. The molecule has 0 saturated carbocycles. The van der Waals surface area contributed by atoms with Crippen LogP contribution in [0.3, 0.4) is 0 Å². The first-order chi connectivity index (χ1) is 10.6. The summed E-state index contributed by atoms with van der Waals surface area (Å²) in [5.41, 5.74) is 2.51. The van der Waals surface area contributed by atoms with Gasteiger partial charge in [0.2, 0.25) is 0 Å². The number of nitrogens with zero attached hydrogens (tertiary/aromatic N) is 1. The summed E-state index contributed by atoms with van der Waals surface area (Å²) in [4.78, 5) is 2.11. The predicted octanol–water partition coefficient (Wildman–Crippen LogP) is 2.58. The predicted molar refractivity (Wildman–Crippen MR) is 91.4 cm³/mol. The van der Waals surface area contributed by atoms with Crippen LogP contribution in [0.2, 0.25) is 0 Å². The minimum Gasteiger partial charge on any atom is -0.396 e. The first-order valence-electron chi connectivity index (χ1n) is 8.29. The highest BCUT2D eigenvalue weighted by atomic mass is 16.5. The van der Waals surface area contributed by atoms with Crippen molar-refractivity contribution in [3.8, 4) is 0 Å². The Morgan fingerprint density at radius 1 is 1.23 bits per heavy atom. The molecule has 0 bridgehead atoms. The van der Waals surface area contributed by atoms with Gasteiger partial charge in [-0.2, -0.15) is 0 Å². The van der Waals surface area contributed by atoms with Gasteiger partial charge in [0.15, 0.2) is 0 Å². The van der Waals surface area contributed by atoms with E-state index in [9.17, 15) is 5.11 Å². The molecule has 1 saturated heterocycles. The van der Waals surface area contributed by atoms with E-state index in [4.69, 9.17) is 4.74 Å². The highest BCUT2D eigenvalue weighted by Crippen LogP contribution is 2.30. The van der Waals surface area contributed by atoms with Gasteiger partial charge in [0.05, 0.1) is 6.61 Å². The molecule has 2 rings (SSSR count). The van der Waals surface area contributed by atoms with Crippen LogP contribution < -0.4 is 10.2 Å². The molecule has 1 heterocycles. The molecule has 1 atom stereocenters. The van der Waals surface area contributed by atoms with E-state index in [1.54, 1.807) is 0 Å². The quantitative estimate of drug-likeness (QED) is 0.813. The second kappa shape index (κ2) is 7.95. The zero-order chi connectivity index (χ0) is 16.0. The van der Waals surface area contributed by atoms with Crippen LogP contribution >= 0.6 is 0 Å². The van der Waals surface area contributed by atoms with E-state index in [1.165, 1.54) is 11.3 Å². The molecule has 1 unspecified atom stereocenters. The van der Waals surface area contributed by atoms with Gasteiger partial charge < -0.3 is 20.1 Å². The lowest BCUT2D eigenvalue weighted by molar-refractivity contribution is -0.0166. The van der Waals surface area contributed by atoms with Crippen LogP contribution in [-0.2, 0) is 4.74 Å². The van der Waals surface area contributed by atoms with Crippen molar-refractivity contribution in [2.24, 2.45) is 5.41 Å². The van der Waals surface area contributed by atoms with Crippen molar-refractivity contribution in [2.45, 2.75) is 32.2 Å². The van der Waals surface area contributed by atoms with E-state index in [-0.39, 0.29) is 12.0 Å². The number of rotatable bonds is 7. The third-order valence-electron chi connectivity index (χ3n) is 4.83. The van der Waals surface area contributed by atoms with Crippen LogP contribution in [0.15, 0.2) is 24.3 Å². The number of ether oxygens (including phenoxy) is 1. The molecular formula is C18H30N2O2. The van der Waals surface area contributed by atoms with Gasteiger partial charge >= 0.3 is 0 Å². The van der Waals surface area contributed by atoms with Gasteiger partial charge in [0, 0.05) is 51.0 Å². The van der Waals surface area contributed by atoms with Crippen molar-refractivity contribution in [3.05, 3.63) is 29.8 Å². The molecule has 22 heavy (non-hydrogen) atoms. The number of hydrogen-bond acceptors (Lipinski definition) is 4. The summed E-state index contributed by atoms with van der Waals surface area (Å²) < 4.78 is 5.44. The number of anilines is 1. The van der Waals surface area contributed by atoms with Crippen molar-refractivity contribution in [3.63, 3.8) is 0 Å². The molecule has 4 heteroatoms. The summed E-state index contributed by atoms with van der Waals surface area (Å²) in [6.07, 6.45) is 2.92. The van der Waals surface area contributed by atoms with Crippen molar-refractivity contribution < 1.29 is 9.84 Å². The summed E-state index contributed by atoms with van der Waals surface area (Å²) >= 11 is 0. The minimum atomic E-state index is -0.0186. The Morgan fingerprint density at radius 3 is 2.36 bits per heavy atom. The minimum absolute atomic E-state index is 0.0186. The summed E-state index contributed by atoms with van der Waals surface area (Å²) in [5.74, 6) is 0. The Bertz CT molecular complexity index is 439. The number of benzene rings is 1. The van der Waals surface area contributed by atoms with Crippen molar-refractivity contribution in [1.82, 2.24) is 5.32 Å². The average Bonchev–Trinajstić information content (AvgIpc) is 2.56. The maximum atomic E-state index is 9.79. The van der Waals surface area contributed by atoms with Crippen LogP contribution in [-0.4, -0.2) is 45.6 Å². The standard InChI is InChI=1S/C18H30N2O2/c1-4-17(15-5-7-16(8-6-15)20(2)3)19-13-18(14-21)9-11-22-12-10-18/h5-8,17,19,21H,4,9-14H2,1-3H3.